The van der Waals surface area contributed by atoms with Gasteiger partial charge in [0.25, 0.3) is 0 Å². The summed E-state index contributed by atoms with van der Waals surface area (Å²) in [6, 6.07) is 9.16. The van der Waals surface area contributed by atoms with E-state index in [9.17, 15) is 9.59 Å². The zero-order valence-corrected chi connectivity index (χ0v) is 22.9. The van der Waals surface area contributed by atoms with E-state index in [4.69, 9.17) is 0 Å². The van der Waals surface area contributed by atoms with E-state index in [1.807, 2.05) is 25.2 Å². The molecule has 1 aliphatic carbocycles. The highest BCUT2D eigenvalue weighted by Gasteiger charge is 2.41. The average Bonchev–Trinajstić information content (AvgIpc) is 2.85. The summed E-state index contributed by atoms with van der Waals surface area (Å²) in [6.45, 7) is 10.9. The summed E-state index contributed by atoms with van der Waals surface area (Å²) in [4.78, 5) is 35.4. The number of carbonyl (C=O) groups is 2. The lowest BCUT2D eigenvalue weighted by atomic mass is 9.72. The van der Waals surface area contributed by atoms with Gasteiger partial charge in [0.1, 0.15) is 0 Å². The molecule has 1 aromatic carbocycles. The van der Waals surface area contributed by atoms with Crippen LogP contribution in [0.15, 0.2) is 36.0 Å². The highest BCUT2D eigenvalue weighted by molar-refractivity contribution is 5.96. The second-order valence-electron chi connectivity index (χ2n) is 11.3. The van der Waals surface area contributed by atoms with Crippen LogP contribution in [0.5, 0.6) is 0 Å². The molecule has 4 rings (SSSR count). The minimum atomic E-state index is 0.283. The van der Waals surface area contributed by atoms with Gasteiger partial charge in [-0.25, -0.2) is 0 Å². The number of hydrogen-bond donors (Lipinski definition) is 0. The van der Waals surface area contributed by atoms with Crippen LogP contribution in [0.3, 0.4) is 0 Å². The fourth-order valence-electron chi connectivity index (χ4n) is 6.62. The molecule has 36 heavy (non-hydrogen) atoms. The number of nitrogens with zero attached hydrogens (tertiary/aromatic N) is 4. The summed E-state index contributed by atoms with van der Waals surface area (Å²) in [5, 5.41) is 0. The van der Waals surface area contributed by atoms with Crippen molar-refractivity contribution >= 4 is 11.7 Å². The van der Waals surface area contributed by atoms with Crippen molar-refractivity contribution in [3.8, 4) is 0 Å². The maximum absolute atomic E-state index is 13.4. The molecule has 2 fully saturated rings. The number of piperidine rings is 1. The summed E-state index contributed by atoms with van der Waals surface area (Å²) in [6.07, 6.45) is 7.29. The van der Waals surface area contributed by atoms with Gasteiger partial charge in [0.05, 0.1) is 0 Å². The molecule has 1 saturated carbocycles. The molecule has 3 aliphatic rings. The highest BCUT2D eigenvalue weighted by Crippen LogP contribution is 2.39. The van der Waals surface area contributed by atoms with Crippen LogP contribution in [0.25, 0.3) is 0 Å². The lowest BCUT2D eigenvalue weighted by Gasteiger charge is -2.47. The molecule has 0 aromatic heterocycles. The van der Waals surface area contributed by atoms with Gasteiger partial charge in [0.15, 0.2) is 5.78 Å². The first-order valence-electron chi connectivity index (χ1n) is 14.1. The Morgan fingerprint density at radius 3 is 2.61 bits per heavy atom. The summed E-state index contributed by atoms with van der Waals surface area (Å²) in [5.41, 5.74) is 3.86. The fraction of sp³-hybridized carbons (Fsp3) is 0.667. The molecule has 2 aliphatic heterocycles. The third kappa shape index (κ3) is 6.57. The number of ketones is 1. The van der Waals surface area contributed by atoms with Gasteiger partial charge in [-0.3, -0.25) is 19.4 Å². The third-order valence-corrected chi connectivity index (χ3v) is 8.40. The molecule has 6 nitrogen and oxygen atoms in total. The SMILES string of the molecule is CCCN1C[C@@H](CC(=O)N(CC)CCN2CCc3ccccc3C2)C[C@@H]2CC(=O)C(=CN(C)C)C[C@H]21. The Balaban J connectivity index is 1.33. The van der Waals surface area contributed by atoms with Crippen molar-refractivity contribution in [1.29, 1.82) is 0 Å². The Labute approximate surface area is 218 Å². The third-order valence-electron chi connectivity index (χ3n) is 8.40. The summed E-state index contributed by atoms with van der Waals surface area (Å²) in [5.74, 6) is 1.30. The maximum Gasteiger partial charge on any atom is 0.222 e. The van der Waals surface area contributed by atoms with Crippen molar-refractivity contribution in [1.82, 2.24) is 19.6 Å². The Hall–Kier alpha value is -2.18. The van der Waals surface area contributed by atoms with Crippen LogP contribution in [-0.4, -0.2) is 90.7 Å². The largest absolute Gasteiger partial charge is 0.383 e. The van der Waals surface area contributed by atoms with Gasteiger partial charge < -0.3 is 9.80 Å². The average molecular weight is 495 g/mol. The molecule has 0 bridgehead atoms. The molecule has 2 heterocycles. The number of hydrogen-bond acceptors (Lipinski definition) is 5. The van der Waals surface area contributed by atoms with Crippen molar-refractivity contribution < 1.29 is 9.59 Å². The molecule has 0 radical (unpaired) electrons. The number of carbonyl (C=O) groups excluding carboxylic acids is 2. The zero-order chi connectivity index (χ0) is 25.7. The molecular weight excluding hydrogens is 448 g/mol. The highest BCUT2D eigenvalue weighted by atomic mass is 16.2. The van der Waals surface area contributed by atoms with E-state index >= 15 is 0 Å². The van der Waals surface area contributed by atoms with Crippen LogP contribution in [0.1, 0.15) is 57.1 Å². The van der Waals surface area contributed by atoms with E-state index in [2.05, 4.69) is 52.8 Å². The summed E-state index contributed by atoms with van der Waals surface area (Å²) >= 11 is 0. The van der Waals surface area contributed by atoms with Gasteiger partial charge in [-0.05, 0) is 62.1 Å². The number of benzene rings is 1. The van der Waals surface area contributed by atoms with Crippen molar-refractivity contribution in [2.24, 2.45) is 11.8 Å². The minimum Gasteiger partial charge on any atom is -0.383 e. The summed E-state index contributed by atoms with van der Waals surface area (Å²) in [7, 11) is 3.98. The minimum absolute atomic E-state index is 0.283. The maximum atomic E-state index is 13.4. The van der Waals surface area contributed by atoms with Crippen molar-refractivity contribution in [2.45, 2.75) is 65.0 Å². The standard InChI is InChI=1S/C30H46N4O2/c1-5-12-34-20-23(16-26-19-29(35)27(18-28(26)34)21-31(3)4)17-30(36)33(6-2)15-14-32-13-11-24-9-7-8-10-25(24)22-32/h7-10,21,23,26,28H,5-6,11-20,22H2,1-4H3/t23-,26-,28-/m1/s1. The molecule has 1 saturated heterocycles. The normalized spacial score (nSPS) is 25.9. The molecule has 6 heteroatoms. The van der Waals surface area contributed by atoms with Gasteiger partial charge >= 0.3 is 0 Å². The van der Waals surface area contributed by atoms with Crippen LogP contribution in [-0.2, 0) is 22.6 Å². The Bertz CT molecular complexity index is 943. The Morgan fingerprint density at radius 2 is 1.89 bits per heavy atom. The molecule has 1 amide bonds. The predicted molar refractivity (Wildman–Crippen MR) is 146 cm³/mol. The van der Waals surface area contributed by atoms with Crippen LogP contribution in [0, 0.1) is 11.8 Å². The molecule has 0 N–H and O–H groups in total. The lowest BCUT2D eigenvalue weighted by molar-refractivity contribution is -0.133. The molecule has 198 valence electrons. The molecule has 3 atom stereocenters. The van der Waals surface area contributed by atoms with Crippen LogP contribution < -0.4 is 0 Å². The molecule has 0 spiro atoms. The van der Waals surface area contributed by atoms with Crippen LogP contribution >= 0.6 is 0 Å². The monoisotopic (exact) mass is 494 g/mol. The number of likely N-dealkylation sites (N-methyl/N-ethyl adjacent to an activating group) is 1. The van der Waals surface area contributed by atoms with Crippen LogP contribution in [0.4, 0.5) is 0 Å². The van der Waals surface area contributed by atoms with Gasteiger partial charge in [-0.15, -0.1) is 0 Å². The predicted octanol–water partition coefficient (Wildman–Crippen LogP) is 3.81. The first kappa shape index (κ1) is 26.9. The van der Waals surface area contributed by atoms with Crippen molar-refractivity contribution in [3.05, 3.63) is 47.2 Å². The van der Waals surface area contributed by atoms with Gasteiger partial charge in [-0.2, -0.15) is 0 Å². The number of likely N-dealkylation sites (tertiary alicyclic amines) is 1. The lowest BCUT2D eigenvalue weighted by Crippen LogP contribution is -2.52. The molecule has 1 aromatic rings. The Kier molecular flexibility index (Phi) is 9.24. The zero-order valence-electron chi connectivity index (χ0n) is 22.9. The van der Waals surface area contributed by atoms with E-state index in [0.29, 0.717) is 36.5 Å². The van der Waals surface area contributed by atoms with Crippen LogP contribution in [0.2, 0.25) is 0 Å². The summed E-state index contributed by atoms with van der Waals surface area (Å²) < 4.78 is 0. The van der Waals surface area contributed by atoms with Crippen molar-refractivity contribution in [3.63, 3.8) is 0 Å². The second-order valence-corrected chi connectivity index (χ2v) is 11.3. The first-order valence-corrected chi connectivity index (χ1v) is 14.1. The number of amides is 1. The Morgan fingerprint density at radius 1 is 1.11 bits per heavy atom. The second kappa shape index (κ2) is 12.4. The van der Waals surface area contributed by atoms with E-state index < -0.39 is 0 Å². The van der Waals surface area contributed by atoms with E-state index in [1.165, 1.54) is 11.1 Å². The number of fused-ring (bicyclic) bond motifs is 2. The van der Waals surface area contributed by atoms with E-state index in [0.717, 1.165) is 77.1 Å². The van der Waals surface area contributed by atoms with Gasteiger partial charge in [0, 0.05) is 84.0 Å². The topological polar surface area (TPSA) is 47.1 Å². The molecular formula is C30H46N4O2. The quantitative estimate of drug-likeness (QED) is 0.489. The van der Waals surface area contributed by atoms with Gasteiger partial charge in [0.2, 0.25) is 5.91 Å². The smallest absolute Gasteiger partial charge is 0.222 e. The first-order chi connectivity index (χ1) is 17.4. The van der Waals surface area contributed by atoms with E-state index in [-0.39, 0.29) is 5.91 Å². The fourth-order valence-corrected chi connectivity index (χ4v) is 6.62. The van der Waals surface area contributed by atoms with Gasteiger partial charge in [-0.1, -0.05) is 31.2 Å². The number of rotatable bonds is 9. The molecule has 0 unspecified atom stereocenters. The van der Waals surface area contributed by atoms with Crippen molar-refractivity contribution in [2.75, 3.05) is 53.4 Å². The van der Waals surface area contributed by atoms with E-state index in [1.54, 1.807) is 0 Å². The number of Topliss-reactive ketones (excluding diaryl/α,β-unsaturated/α-hetero) is 1.